The van der Waals surface area contributed by atoms with E-state index in [9.17, 15) is 10.2 Å². The first-order valence-electron chi connectivity index (χ1n) is 11.7. The molecular formula is C26H32N2O2S. The topological polar surface area (TPSA) is 48.6 Å². The van der Waals surface area contributed by atoms with Gasteiger partial charge in [-0.15, -0.1) is 11.8 Å². The minimum Gasteiger partial charge on any atom is -0.508 e. The summed E-state index contributed by atoms with van der Waals surface area (Å²) in [6.45, 7) is 4.78. The fraction of sp³-hybridized carbons (Fsp3) is 0.462. The third kappa shape index (κ3) is 4.31. The van der Waals surface area contributed by atoms with E-state index in [1.807, 2.05) is 23.9 Å². The Labute approximate surface area is 188 Å². The van der Waals surface area contributed by atoms with Crippen molar-refractivity contribution >= 4 is 22.7 Å². The van der Waals surface area contributed by atoms with Crippen molar-refractivity contribution in [3.05, 3.63) is 42.0 Å². The van der Waals surface area contributed by atoms with E-state index in [4.69, 9.17) is 0 Å². The number of aryl methyl sites for hydroxylation is 2. The second-order valence-corrected chi connectivity index (χ2v) is 10.1. The maximum Gasteiger partial charge on any atom is 0.116 e. The van der Waals surface area contributed by atoms with Gasteiger partial charge in [-0.25, -0.2) is 0 Å². The third-order valence-electron chi connectivity index (χ3n) is 6.79. The minimum absolute atomic E-state index is 0.327. The van der Waals surface area contributed by atoms with Crippen LogP contribution >= 0.6 is 11.8 Å². The van der Waals surface area contributed by atoms with E-state index in [1.54, 1.807) is 12.1 Å². The molecule has 0 atom stereocenters. The predicted octanol–water partition coefficient (Wildman–Crippen LogP) is 6.02. The fourth-order valence-electron chi connectivity index (χ4n) is 5.26. The number of likely N-dealkylation sites (tertiary alicyclic amines) is 1. The number of hydrogen-bond acceptors (Lipinski definition) is 4. The van der Waals surface area contributed by atoms with Gasteiger partial charge in [-0.2, -0.15) is 0 Å². The molecule has 5 rings (SSSR count). The number of aromatic nitrogens is 1. The van der Waals surface area contributed by atoms with Crippen LogP contribution in [0.1, 0.15) is 44.1 Å². The standard InChI is InChI=1S/C26H32N2O2S/c29-19-8-10-24-23(17-19)21-11-16-31-25-18-20(30)7-9-22(25)26(21)28(24)15-6-2-5-14-27-12-3-1-4-13-27/h7-10,17-18,29-30H,1-6,11-16H2. The summed E-state index contributed by atoms with van der Waals surface area (Å²) in [5, 5.41) is 21.4. The summed E-state index contributed by atoms with van der Waals surface area (Å²) in [6.07, 6.45) is 8.75. The number of hydrogen-bond donors (Lipinski definition) is 2. The molecule has 0 aliphatic carbocycles. The van der Waals surface area contributed by atoms with E-state index in [2.05, 4.69) is 21.6 Å². The van der Waals surface area contributed by atoms with Crippen molar-refractivity contribution in [3.63, 3.8) is 0 Å². The molecule has 4 nitrogen and oxygen atoms in total. The number of aromatic hydroxyl groups is 2. The molecule has 0 radical (unpaired) electrons. The second kappa shape index (κ2) is 9.17. The number of unbranched alkanes of at least 4 members (excludes halogenated alkanes) is 2. The Morgan fingerprint density at radius 1 is 0.839 bits per heavy atom. The summed E-state index contributed by atoms with van der Waals surface area (Å²) in [5.41, 5.74) is 5.02. The summed E-state index contributed by atoms with van der Waals surface area (Å²) in [4.78, 5) is 3.78. The molecule has 2 aliphatic heterocycles. The van der Waals surface area contributed by atoms with Crippen LogP contribution in [0.3, 0.4) is 0 Å². The van der Waals surface area contributed by atoms with E-state index in [1.165, 1.54) is 79.5 Å². The molecule has 0 bridgehead atoms. The largest absolute Gasteiger partial charge is 0.508 e. The van der Waals surface area contributed by atoms with Crippen LogP contribution in [0.4, 0.5) is 0 Å². The first kappa shape index (κ1) is 20.8. The zero-order valence-corrected chi connectivity index (χ0v) is 19.0. The highest BCUT2D eigenvalue weighted by Crippen LogP contribution is 2.44. The van der Waals surface area contributed by atoms with Crippen LogP contribution in [0, 0.1) is 0 Å². The Morgan fingerprint density at radius 2 is 1.61 bits per heavy atom. The molecule has 3 heterocycles. The summed E-state index contributed by atoms with van der Waals surface area (Å²) < 4.78 is 2.47. The Kier molecular flexibility index (Phi) is 6.15. The van der Waals surface area contributed by atoms with Gasteiger partial charge in [0.05, 0.1) is 5.69 Å². The third-order valence-corrected chi connectivity index (χ3v) is 7.84. The SMILES string of the molecule is Oc1ccc2c(c1)SCCc1c-2n(CCCCCN2CCCCC2)c2ccc(O)cc12. The molecule has 0 amide bonds. The van der Waals surface area contributed by atoms with Gasteiger partial charge in [-0.05, 0) is 93.7 Å². The minimum atomic E-state index is 0.327. The van der Waals surface area contributed by atoms with E-state index < -0.39 is 0 Å². The number of benzene rings is 2. The molecular weight excluding hydrogens is 404 g/mol. The van der Waals surface area contributed by atoms with Gasteiger partial charge in [-0.1, -0.05) is 12.8 Å². The monoisotopic (exact) mass is 436 g/mol. The van der Waals surface area contributed by atoms with Crippen molar-refractivity contribution in [3.8, 4) is 22.8 Å². The Morgan fingerprint density at radius 3 is 2.48 bits per heavy atom. The zero-order valence-electron chi connectivity index (χ0n) is 18.1. The highest BCUT2D eigenvalue weighted by molar-refractivity contribution is 7.99. The Balaban J connectivity index is 1.42. The number of fused-ring (bicyclic) bond motifs is 5. The van der Waals surface area contributed by atoms with Gasteiger partial charge in [0.2, 0.25) is 0 Å². The van der Waals surface area contributed by atoms with Crippen molar-refractivity contribution in [2.75, 3.05) is 25.4 Å². The van der Waals surface area contributed by atoms with E-state index >= 15 is 0 Å². The molecule has 2 aliphatic rings. The quantitative estimate of drug-likeness (QED) is 0.464. The highest BCUT2D eigenvalue weighted by Gasteiger charge is 2.23. The molecule has 164 valence electrons. The molecule has 1 aromatic heterocycles. The van der Waals surface area contributed by atoms with Crippen LogP contribution in [-0.2, 0) is 13.0 Å². The molecule has 5 heteroatoms. The van der Waals surface area contributed by atoms with Gasteiger partial charge in [0.25, 0.3) is 0 Å². The van der Waals surface area contributed by atoms with Crippen LogP contribution in [0.15, 0.2) is 41.3 Å². The van der Waals surface area contributed by atoms with E-state index in [-0.39, 0.29) is 0 Å². The number of piperidine rings is 1. The molecule has 0 spiro atoms. The van der Waals surface area contributed by atoms with E-state index in [0.29, 0.717) is 11.5 Å². The highest BCUT2D eigenvalue weighted by atomic mass is 32.2. The lowest BCUT2D eigenvalue weighted by Gasteiger charge is -2.26. The van der Waals surface area contributed by atoms with Crippen molar-refractivity contribution in [2.24, 2.45) is 0 Å². The van der Waals surface area contributed by atoms with E-state index in [0.717, 1.165) is 30.0 Å². The first-order valence-corrected chi connectivity index (χ1v) is 12.7. The lowest BCUT2D eigenvalue weighted by Crippen LogP contribution is -2.30. The Bertz CT molecular complexity index is 1070. The van der Waals surface area contributed by atoms with Gasteiger partial charge in [0.1, 0.15) is 11.5 Å². The first-order chi connectivity index (χ1) is 15.2. The predicted molar refractivity (Wildman–Crippen MR) is 129 cm³/mol. The number of rotatable bonds is 6. The van der Waals surface area contributed by atoms with Gasteiger partial charge in [-0.3, -0.25) is 0 Å². The Hall–Kier alpha value is -2.11. The molecule has 3 aromatic rings. The van der Waals surface area contributed by atoms with Crippen molar-refractivity contribution in [2.45, 2.75) is 56.4 Å². The molecule has 0 unspecified atom stereocenters. The van der Waals surface area contributed by atoms with Crippen LogP contribution in [0.2, 0.25) is 0 Å². The maximum atomic E-state index is 10.2. The van der Waals surface area contributed by atoms with Gasteiger partial charge < -0.3 is 19.7 Å². The van der Waals surface area contributed by atoms with Crippen LogP contribution in [0.25, 0.3) is 22.2 Å². The van der Waals surface area contributed by atoms with Crippen LogP contribution in [-0.4, -0.2) is 45.1 Å². The summed E-state index contributed by atoms with van der Waals surface area (Å²) in [6, 6.07) is 11.6. The average molecular weight is 437 g/mol. The normalized spacial score (nSPS) is 16.8. The fourth-order valence-corrected chi connectivity index (χ4v) is 6.31. The second-order valence-electron chi connectivity index (χ2n) is 8.92. The van der Waals surface area contributed by atoms with Crippen molar-refractivity contribution in [1.29, 1.82) is 0 Å². The number of thioether (sulfide) groups is 1. The molecule has 0 saturated carbocycles. The van der Waals surface area contributed by atoms with Gasteiger partial charge in [0.15, 0.2) is 0 Å². The van der Waals surface area contributed by atoms with Crippen LogP contribution < -0.4 is 0 Å². The number of phenols is 2. The van der Waals surface area contributed by atoms with Crippen molar-refractivity contribution in [1.82, 2.24) is 9.47 Å². The summed E-state index contributed by atoms with van der Waals surface area (Å²) in [5.74, 6) is 1.64. The molecule has 1 fully saturated rings. The van der Waals surface area contributed by atoms with Gasteiger partial charge >= 0.3 is 0 Å². The maximum absolute atomic E-state index is 10.2. The van der Waals surface area contributed by atoms with Crippen molar-refractivity contribution < 1.29 is 10.2 Å². The van der Waals surface area contributed by atoms with Crippen LogP contribution in [0.5, 0.6) is 11.5 Å². The summed E-state index contributed by atoms with van der Waals surface area (Å²) >= 11 is 1.81. The average Bonchev–Trinajstić information content (AvgIpc) is 2.94. The molecule has 2 N–H and O–H groups in total. The number of phenolic OH excluding ortho intramolecular Hbond substituents is 2. The lowest BCUT2D eigenvalue weighted by molar-refractivity contribution is 0.224. The number of nitrogens with zero attached hydrogens (tertiary/aromatic N) is 2. The summed E-state index contributed by atoms with van der Waals surface area (Å²) in [7, 11) is 0. The molecule has 31 heavy (non-hydrogen) atoms. The lowest BCUT2D eigenvalue weighted by atomic mass is 10.0. The zero-order chi connectivity index (χ0) is 21.2. The molecule has 2 aromatic carbocycles. The van der Waals surface area contributed by atoms with Gasteiger partial charge in [0, 0.05) is 33.7 Å². The molecule has 1 saturated heterocycles. The smallest absolute Gasteiger partial charge is 0.116 e.